The number of nitro groups is 1. The molecular formula is C22H22N4O2S. The molecule has 1 heterocycles. The second-order valence-corrected chi connectivity index (χ2v) is 8.09. The lowest BCUT2D eigenvalue weighted by Gasteiger charge is -2.21. The first-order chi connectivity index (χ1) is 14.0. The molecule has 4 rings (SSSR count). The Kier molecular flexibility index (Phi) is 5.15. The van der Waals surface area contributed by atoms with Gasteiger partial charge in [-0.2, -0.15) is 5.10 Å². The van der Waals surface area contributed by atoms with E-state index in [0.29, 0.717) is 0 Å². The summed E-state index contributed by atoms with van der Waals surface area (Å²) in [5.41, 5.74) is 8.06. The Balaban J connectivity index is 1.86. The van der Waals surface area contributed by atoms with E-state index < -0.39 is 0 Å². The zero-order chi connectivity index (χ0) is 20.5. The van der Waals surface area contributed by atoms with E-state index in [1.807, 2.05) is 10.1 Å². The Morgan fingerprint density at radius 2 is 1.90 bits per heavy atom. The number of nitrogens with zero attached hydrogens (tertiary/aromatic N) is 4. The van der Waals surface area contributed by atoms with Gasteiger partial charge in [0.15, 0.2) is 0 Å². The first-order valence-electron chi connectivity index (χ1n) is 9.54. The van der Waals surface area contributed by atoms with Gasteiger partial charge in [-0.25, -0.2) is 4.68 Å². The highest BCUT2D eigenvalue weighted by molar-refractivity contribution is 7.07. The third-order valence-electron chi connectivity index (χ3n) is 5.24. The van der Waals surface area contributed by atoms with Crippen LogP contribution in [0.2, 0.25) is 0 Å². The highest BCUT2D eigenvalue weighted by Gasteiger charge is 2.19. The highest BCUT2D eigenvalue weighted by Crippen LogP contribution is 2.28. The van der Waals surface area contributed by atoms with Gasteiger partial charge in [0.1, 0.15) is 0 Å². The van der Waals surface area contributed by atoms with Crippen LogP contribution < -0.4 is 4.80 Å². The first kappa shape index (κ1) is 19.3. The normalized spacial score (nSPS) is 15.6. The number of nitro benzene ring substituents is 1. The Bertz CT molecular complexity index is 1190. The van der Waals surface area contributed by atoms with Crippen LogP contribution in [0.25, 0.3) is 11.3 Å². The average molecular weight is 407 g/mol. The summed E-state index contributed by atoms with van der Waals surface area (Å²) in [5.74, 6) is 0. The van der Waals surface area contributed by atoms with E-state index in [4.69, 9.17) is 5.10 Å². The minimum Gasteiger partial charge on any atom is -0.261 e. The standard InChI is InChI=1S/C22H22N4O2S/c1-14-11-15(2)18-5-4-6-20(19(18)12-14)24-25-21(13-29-22(25)23-3)16-7-9-17(10-8-16)26(27)28/h7-13H,4-6H2,1-3H3. The molecule has 148 valence electrons. The quantitative estimate of drug-likeness (QED) is 0.460. The van der Waals surface area contributed by atoms with Crippen molar-refractivity contribution in [1.29, 1.82) is 0 Å². The van der Waals surface area contributed by atoms with Crippen LogP contribution >= 0.6 is 11.3 Å². The van der Waals surface area contributed by atoms with Crippen molar-refractivity contribution in [3.8, 4) is 11.3 Å². The summed E-state index contributed by atoms with van der Waals surface area (Å²) in [6, 6.07) is 11.0. The van der Waals surface area contributed by atoms with Crippen molar-refractivity contribution in [3.05, 3.63) is 78.9 Å². The Morgan fingerprint density at radius 3 is 2.59 bits per heavy atom. The molecule has 0 N–H and O–H groups in total. The smallest absolute Gasteiger partial charge is 0.261 e. The minimum atomic E-state index is -0.387. The van der Waals surface area contributed by atoms with Crippen molar-refractivity contribution in [3.63, 3.8) is 0 Å². The average Bonchev–Trinajstić information content (AvgIpc) is 3.11. The van der Waals surface area contributed by atoms with Crippen molar-refractivity contribution in [1.82, 2.24) is 4.68 Å². The SMILES string of the molecule is CN=c1scc(-c2ccc([N+](=O)[O-])cc2)n1N=C1CCCc2c(C)cc(C)cc21. The molecule has 0 radical (unpaired) electrons. The monoisotopic (exact) mass is 406 g/mol. The predicted octanol–water partition coefficient (Wildman–Crippen LogP) is 4.86. The Morgan fingerprint density at radius 1 is 1.14 bits per heavy atom. The van der Waals surface area contributed by atoms with Gasteiger partial charge in [0, 0.05) is 35.7 Å². The molecule has 1 aliphatic carbocycles. The molecule has 2 aromatic carbocycles. The number of rotatable bonds is 3. The zero-order valence-corrected chi connectivity index (χ0v) is 17.5. The van der Waals surface area contributed by atoms with Crippen molar-refractivity contribution in [2.24, 2.45) is 10.1 Å². The molecule has 1 aliphatic rings. The second-order valence-electron chi connectivity index (χ2n) is 7.25. The molecule has 0 unspecified atom stereocenters. The van der Waals surface area contributed by atoms with Gasteiger partial charge in [-0.3, -0.25) is 15.1 Å². The molecule has 29 heavy (non-hydrogen) atoms. The number of hydrogen-bond donors (Lipinski definition) is 0. The fourth-order valence-corrected chi connectivity index (χ4v) is 4.68. The van der Waals surface area contributed by atoms with Crippen molar-refractivity contribution in [2.75, 3.05) is 7.05 Å². The maximum absolute atomic E-state index is 11.0. The number of non-ortho nitro benzene ring substituents is 1. The van der Waals surface area contributed by atoms with Crippen molar-refractivity contribution in [2.45, 2.75) is 33.1 Å². The van der Waals surface area contributed by atoms with Gasteiger partial charge < -0.3 is 0 Å². The summed E-state index contributed by atoms with van der Waals surface area (Å²) in [4.78, 5) is 15.8. The Hall–Kier alpha value is -3.06. The number of aryl methyl sites for hydroxylation is 2. The topological polar surface area (TPSA) is 72.8 Å². The summed E-state index contributed by atoms with van der Waals surface area (Å²) >= 11 is 1.51. The zero-order valence-electron chi connectivity index (χ0n) is 16.7. The number of thiazole rings is 1. The Labute approximate surface area is 173 Å². The van der Waals surface area contributed by atoms with Gasteiger partial charge in [0.2, 0.25) is 4.80 Å². The van der Waals surface area contributed by atoms with Crippen LogP contribution in [0.4, 0.5) is 5.69 Å². The molecule has 0 saturated carbocycles. The van der Waals surface area contributed by atoms with Crippen LogP contribution in [0.3, 0.4) is 0 Å². The lowest BCUT2D eigenvalue weighted by Crippen LogP contribution is -2.19. The van der Waals surface area contributed by atoms with E-state index >= 15 is 0 Å². The minimum absolute atomic E-state index is 0.0782. The number of benzene rings is 2. The van der Waals surface area contributed by atoms with E-state index in [9.17, 15) is 10.1 Å². The molecule has 1 aromatic heterocycles. The van der Waals surface area contributed by atoms with E-state index in [-0.39, 0.29) is 10.6 Å². The van der Waals surface area contributed by atoms with Gasteiger partial charge in [0.25, 0.3) is 5.69 Å². The van der Waals surface area contributed by atoms with E-state index in [1.165, 1.54) is 45.7 Å². The van der Waals surface area contributed by atoms with E-state index in [0.717, 1.165) is 41.0 Å². The molecular weight excluding hydrogens is 384 g/mol. The van der Waals surface area contributed by atoms with Crippen LogP contribution in [-0.2, 0) is 6.42 Å². The molecule has 0 atom stereocenters. The predicted molar refractivity (Wildman–Crippen MR) is 117 cm³/mol. The molecule has 7 heteroatoms. The molecule has 0 spiro atoms. The van der Waals surface area contributed by atoms with Crippen LogP contribution in [0.5, 0.6) is 0 Å². The number of aromatic nitrogens is 1. The molecule has 6 nitrogen and oxygen atoms in total. The first-order valence-corrected chi connectivity index (χ1v) is 10.4. The lowest BCUT2D eigenvalue weighted by atomic mass is 9.86. The number of fused-ring (bicyclic) bond motifs is 1. The molecule has 0 saturated heterocycles. The van der Waals surface area contributed by atoms with Crippen LogP contribution in [0, 0.1) is 24.0 Å². The third kappa shape index (κ3) is 3.65. The lowest BCUT2D eigenvalue weighted by molar-refractivity contribution is -0.384. The summed E-state index contributed by atoms with van der Waals surface area (Å²) in [5, 5.41) is 18.0. The maximum atomic E-state index is 11.0. The largest absolute Gasteiger partial charge is 0.269 e. The second kappa shape index (κ2) is 7.75. The van der Waals surface area contributed by atoms with Crippen molar-refractivity contribution < 1.29 is 4.92 Å². The molecule has 3 aromatic rings. The van der Waals surface area contributed by atoms with Gasteiger partial charge in [-0.05, 0) is 62.4 Å². The highest BCUT2D eigenvalue weighted by atomic mass is 32.1. The fraction of sp³-hybridized carbons (Fsp3) is 0.273. The van der Waals surface area contributed by atoms with Crippen LogP contribution in [0.1, 0.15) is 35.1 Å². The van der Waals surface area contributed by atoms with Gasteiger partial charge in [-0.15, -0.1) is 11.3 Å². The van der Waals surface area contributed by atoms with Crippen LogP contribution in [-0.4, -0.2) is 22.4 Å². The van der Waals surface area contributed by atoms with Crippen molar-refractivity contribution >= 4 is 22.7 Å². The van der Waals surface area contributed by atoms with Gasteiger partial charge >= 0.3 is 0 Å². The van der Waals surface area contributed by atoms with Gasteiger partial charge in [0.05, 0.1) is 16.3 Å². The third-order valence-corrected chi connectivity index (χ3v) is 6.15. The van der Waals surface area contributed by atoms with E-state index in [1.54, 1.807) is 19.2 Å². The molecule has 0 fully saturated rings. The molecule has 0 amide bonds. The van der Waals surface area contributed by atoms with Gasteiger partial charge in [-0.1, -0.05) is 11.6 Å². The maximum Gasteiger partial charge on any atom is 0.269 e. The summed E-state index contributed by atoms with van der Waals surface area (Å²) < 4.78 is 1.87. The summed E-state index contributed by atoms with van der Waals surface area (Å²) in [6.07, 6.45) is 3.07. The molecule has 0 aliphatic heterocycles. The van der Waals surface area contributed by atoms with Crippen LogP contribution in [0.15, 0.2) is 51.9 Å². The van der Waals surface area contributed by atoms with E-state index in [2.05, 4.69) is 31.0 Å². The number of hydrogen-bond acceptors (Lipinski definition) is 5. The summed E-state index contributed by atoms with van der Waals surface area (Å²) in [7, 11) is 1.76. The summed E-state index contributed by atoms with van der Waals surface area (Å²) in [6.45, 7) is 4.29. The fourth-order valence-electron chi connectivity index (χ4n) is 3.88. The molecule has 0 bridgehead atoms.